The van der Waals surface area contributed by atoms with E-state index in [1.54, 1.807) is 6.92 Å². The molecular formula is C10H11FN4O3S. The third-order valence-corrected chi connectivity index (χ3v) is 3.45. The summed E-state index contributed by atoms with van der Waals surface area (Å²) in [7, 11) is -3.84. The van der Waals surface area contributed by atoms with Gasteiger partial charge in [-0.3, -0.25) is 0 Å². The third-order valence-electron chi connectivity index (χ3n) is 2.09. The lowest BCUT2D eigenvalue weighted by Gasteiger charge is -2.04. The summed E-state index contributed by atoms with van der Waals surface area (Å²) < 4.78 is 43.7. The van der Waals surface area contributed by atoms with Crippen LogP contribution < -0.4 is 9.46 Å². The number of H-pyrrole nitrogens is 1. The smallest absolute Gasteiger partial charge is 0.337 e. The second-order valence-corrected chi connectivity index (χ2v) is 5.14. The lowest BCUT2D eigenvalue weighted by molar-refractivity contribution is 0.314. The van der Waals surface area contributed by atoms with Crippen molar-refractivity contribution in [3.63, 3.8) is 0 Å². The molecule has 0 amide bonds. The van der Waals surface area contributed by atoms with Crippen molar-refractivity contribution in [1.82, 2.24) is 15.2 Å². The highest BCUT2D eigenvalue weighted by atomic mass is 32.2. The van der Waals surface area contributed by atoms with Gasteiger partial charge in [0.1, 0.15) is 5.82 Å². The molecule has 19 heavy (non-hydrogen) atoms. The molecule has 0 saturated heterocycles. The van der Waals surface area contributed by atoms with Gasteiger partial charge in [-0.2, -0.15) is 4.98 Å². The minimum Gasteiger partial charge on any atom is -0.463 e. The standard InChI is InChI=1S/C10H11FN4O3S/c1-2-18-10-12-9(13-14-10)15-19(16,17)8-5-3-7(11)4-6-8/h3-6H,2H2,1H3,(H2,12,13,14,15). The Labute approximate surface area is 108 Å². The molecule has 2 aromatic rings. The van der Waals surface area contributed by atoms with Crippen molar-refractivity contribution in [3.05, 3.63) is 30.1 Å². The molecule has 2 N–H and O–H groups in total. The van der Waals surface area contributed by atoms with Gasteiger partial charge in [-0.1, -0.05) is 0 Å². The van der Waals surface area contributed by atoms with E-state index >= 15 is 0 Å². The molecule has 0 unspecified atom stereocenters. The molecule has 9 heteroatoms. The van der Waals surface area contributed by atoms with E-state index in [1.807, 2.05) is 0 Å². The molecule has 0 aliphatic rings. The number of sulfonamides is 1. The second-order valence-electron chi connectivity index (χ2n) is 3.46. The molecule has 1 aromatic heterocycles. The van der Waals surface area contributed by atoms with E-state index in [-0.39, 0.29) is 16.9 Å². The zero-order valence-corrected chi connectivity index (χ0v) is 10.7. The van der Waals surface area contributed by atoms with Crippen molar-refractivity contribution in [2.45, 2.75) is 11.8 Å². The van der Waals surface area contributed by atoms with Gasteiger partial charge in [-0.05, 0) is 31.2 Å². The Kier molecular flexibility index (Phi) is 3.65. The van der Waals surface area contributed by atoms with Crippen LogP contribution in [0.5, 0.6) is 6.01 Å². The first-order valence-corrected chi connectivity index (χ1v) is 6.83. The molecule has 0 bridgehead atoms. The van der Waals surface area contributed by atoms with Gasteiger partial charge in [-0.15, -0.1) is 5.10 Å². The average Bonchev–Trinajstić information content (AvgIpc) is 2.77. The van der Waals surface area contributed by atoms with Crippen molar-refractivity contribution in [2.75, 3.05) is 11.3 Å². The van der Waals surface area contributed by atoms with Gasteiger partial charge in [0.15, 0.2) is 0 Å². The van der Waals surface area contributed by atoms with E-state index in [1.165, 1.54) is 0 Å². The van der Waals surface area contributed by atoms with Crippen LogP contribution in [0, 0.1) is 5.82 Å². The maximum Gasteiger partial charge on any atom is 0.337 e. The maximum absolute atomic E-state index is 12.7. The molecule has 0 radical (unpaired) electrons. The number of benzene rings is 1. The van der Waals surface area contributed by atoms with Gasteiger partial charge in [0.05, 0.1) is 11.5 Å². The molecule has 0 aliphatic carbocycles. The summed E-state index contributed by atoms with van der Waals surface area (Å²) >= 11 is 0. The molecular weight excluding hydrogens is 275 g/mol. The molecule has 0 fully saturated rings. The quantitative estimate of drug-likeness (QED) is 0.859. The van der Waals surface area contributed by atoms with Crippen molar-refractivity contribution < 1.29 is 17.5 Å². The van der Waals surface area contributed by atoms with Gasteiger partial charge in [0, 0.05) is 0 Å². The van der Waals surface area contributed by atoms with E-state index in [4.69, 9.17) is 4.74 Å². The van der Waals surface area contributed by atoms with E-state index < -0.39 is 15.8 Å². The fraction of sp³-hybridized carbons (Fsp3) is 0.200. The Morgan fingerprint density at radius 3 is 2.68 bits per heavy atom. The van der Waals surface area contributed by atoms with Gasteiger partial charge in [0.2, 0.25) is 5.95 Å². The van der Waals surface area contributed by atoms with Crippen molar-refractivity contribution in [2.24, 2.45) is 0 Å². The number of aromatic amines is 1. The average molecular weight is 286 g/mol. The van der Waals surface area contributed by atoms with Crippen LogP contribution >= 0.6 is 0 Å². The Hall–Kier alpha value is -2.16. The van der Waals surface area contributed by atoms with Crippen LogP contribution in [0.25, 0.3) is 0 Å². The van der Waals surface area contributed by atoms with Crippen molar-refractivity contribution in [1.29, 1.82) is 0 Å². The van der Waals surface area contributed by atoms with Crippen LogP contribution in [-0.4, -0.2) is 30.2 Å². The molecule has 7 nitrogen and oxygen atoms in total. The van der Waals surface area contributed by atoms with E-state index in [9.17, 15) is 12.8 Å². The number of halogens is 1. The number of nitrogens with one attached hydrogen (secondary N) is 2. The normalized spacial score (nSPS) is 11.3. The number of hydrogen-bond donors (Lipinski definition) is 2. The molecule has 0 saturated carbocycles. The highest BCUT2D eigenvalue weighted by Gasteiger charge is 2.16. The first-order valence-electron chi connectivity index (χ1n) is 5.35. The number of aromatic nitrogens is 3. The maximum atomic E-state index is 12.7. The Morgan fingerprint density at radius 2 is 2.05 bits per heavy atom. The van der Waals surface area contributed by atoms with E-state index in [0.717, 1.165) is 24.3 Å². The van der Waals surface area contributed by atoms with Crippen LogP contribution in [-0.2, 0) is 10.0 Å². The summed E-state index contributed by atoms with van der Waals surface area (Å²) in [5.74, 6) is -0.593. The SMILES string of the molecule is CCOc1n[nH]c(NS(=O)(=O)c2ccc(F)cc2)n1. The van der Waals surface area contributed by atoms with Gasteiger partial charge in [-0.25, -0.2) is 22.6 Å². The highest BCUT2D eigenvalue weighted by molar-refractivity contribution is 7.92. The molecule has 2 rings (SSSR count). The number of rotatable bonds is 5. The zero-order valence-electron chi connectivity index (χ0n) is 9.92. The van der Waals surface area contributed by atoms with E-state index in [2.05, 4.69) is 19.9 Å². The van der Waals surface area contributed by atoms with Gasteiger partial charge >= 0.3 is 6.01 Å². The molecule has 102 valence electrons. The molecule has 0 aliphatic heterocycles. The number of ether oxygens (including phenoxy) is 1. The van der Waals surface area contributed by atoms with E-state index in [0.29, 0.717) is 6.61 Å². The predicted octanol–water partition coefficient (Wildman–Crippen LogP) is 1.14. The fourth-order valence-electron chi connectivity index (χ4n) is 1.29. The predicted molar refractivity (Wildman–Crippen MR) is 64.8 cm³/mol. The molecule has 1 aromatic carbocycles. The van der Waals surface area contributed by atoms with Crippen LogP contribution in [0.1, 0.15) is 6.92 Å². The minimum absolute atomic E-state index is 0.0410. The molecule has 0 atom stereocenters. The number of anilines is 1. The van der Waals surface area contributed by atoms with Crippen LogP contribution in [0.2, 0.25) is 0 Å². The highest BCUT2D eigenvalue weighted by Crippen LogP contribution is 2.14. The second kappa shape index (κ2) is 5.22. The van der Waals surface area contributed by atoms with Gasteiger partial charge in [0.25, 0.3) is 10.0 Å². The number of nitrogens with zero attached hydrogens (tertiary/aromatic N) is 2. The largest absolute Gasteiger partial charge is 0.463 e. The summed E-state index contributed by atoms with van der Waals surface area (Å²) in [5.41, 5.74) is 0. The molecule has 0 spiro atoms. The topological polar surface area (TPSA) is 97.0 Å². The fourth-order valence-corrected chi connectivity index (χ4v) is 2.24. The van der Waals surface area contributed by atoms with Crippen LogP contribution in [0.3, 0.4) is 0 Å². The lowest BCUT2D eigenvalue weighted by atomic mass is 10.4. The van der Waals surface area contributed by atoms with Gasteiger partial charge < -0.3 is 4.74 Å². The zero-order chi connectivity index (χ0) is 13.9. The first kappa shape index (κ1) is 13.3. The van der Waals surface area contributed by atoms with Crippen molar-refractivity contribution >= 4 is 16.0 Å². The minimum atomic E-state index is -3.84. The molecule has 1 heterocycles. The van der Waals surface area contributed by atoms with Crippen LogP contribution in [0.15, 0.2) is 29.2 Å². The first-order chi connectivity index (χ1) is 9.01. The summed E-state index contributed by atoms with van der Waals surface area (Å²) in [5, 5.41) is 6.03. The Balaban J connectivity index is 2.18. The monoisotopic (exact) mass is 286 g/mol. The Bertz CT molecular complexity index is 654. The third kappa shape index (κ3) is 3.19. The summed E-state index contributed by atoms with van der Waals surface area (Å²) in [6, 6.07) is 4.45. The summed E-state index contributed by atoms with van der Waals surface area (Å²) in [6.45, 7) is 2.11. The summed E-state index contributed by atoms with van der Waals surface area (Å²) in [6.07, 6.45) is 0. The van der Waals surface area contributed by atoms with Crippen molar-refractivity contribution in [3.8, 4) is 6.01 Å². The lowest BCUT2D eigenvalue weighted by Crippen LogP contribution is -2.14. The van der Waals surface area contributed by atoms with Crippen LogP contribution in [0.4, 0.5) is 10.3 Å². The number of hydrogen-bond acceptors (Lipinski definition) is 5. The Morgan fingerprint density at radius 1 is 1.37 bits per heavy atom. The summed E-state index contributed by atoms with van der Waals surface area (Å²) in [4.78, 5) is 3.69.